The fourth-order valence-electron chi connectivity index (χ4n) is 2.44. The molecule has 1 aliphatic rings. The number of rotatable bonds is 6. The lowest BCUT2D eigenvalue weighted by Gasteiger charge is -2.35. The van der Waals surface area contributed by atoms with Crippen LogP contribution in [0.2, 0.25) is 0 Å². The molecule has 1 heterocycles. The summed E-state index contributed by atoms with van der Waals surface area (Å²) in [7, 11) is 0. The van der Waals surface area contributed by atoms with Gasteiger partial charge in [-0.2, -0.15) is 0 Å². The van der Waals surface area contributed by atoms with Gasteiger partial charge in [-0.1, -0.05) is 13.3 Å². The van der Waals surface area contributed by atoms with Crippen LogP contribution in [0.3, 0.4) is 0 Å². The predicted molar refractivity (Wildman–Crippen MR) is 91.1 cm³/mol. The molecule has 22 heavy (non-hydrogen) atoms. The number of quaternary nitrogens is 1. The van der Waals surface area contributed by atoms with E-state index in [2.05, 4.69) is 17.1 Å². The Bertz CT molecular complexity index is 519. The van der Waals surface area contributed by atoms with E-state index in [1.165, 1.54) is 17.7 Å². The SMILES string of the molecule is CCCC[NH+]1CNC(=S)N(c2ccc(C(=O)OCC)cc2)C1. The summed E-state index contributed by atoms with van der Waals surface area (Å²) in [5.41, 5.74) is 1.57. The summed E-state index contributed by atoms with van der Waals surface area (Å²) in [6.45, 7) is 7.24. The van der Waals surface area contributed by atoms with Crippen molar-refractivity contribution in [1.29, 1.82) is 0 Å². The summed E-state index contributed by atoms with van der Waals surface area (Å²) in [5.74, 6) is -0.288. The first-order valence-electron chi connectivity index (χ1n) is 7.81. The van der Waals surface area contributed by atoms with Crippen LogP contribution in [-0.2, 0) is 4.74 Å². The molecule has 0 aliphatic carbocycles. The van der Waals surface area contributed by atoms with Crippen molar-refractivity contribution in [3.63, 3.8) is 0 Å². The first-order chi connectivity index (χ1) is 10.7. The van der Waals surface area contributed by atoms with Crippen LogP contribution >= 0.6 is 12.2 Å². The number of nitrogens with zero attached hydrogens (tertiary/aromatic N) is 1. The third-order valence-electron chi connectivity index (χ3n) is 3.69. The highest BCUT2D eigenvalue weighted by molar-refractivity contribution is 7.80. The second kappa shape index (κ2) is 8.10. The van der Waals surface area contributed by atoms with Crippen LogP contribution in [0, 0.1) is 0 Å². The maximum absolute atomic E-state index is 11.7. The number of ether oxygens (including phenoxy) is 1. The average molecular weight is 322 g/mol. The lowest BCUT2D eigenvalue weighted by atomic mass is 10.2. The topological polar surface area (TPSA) is 46.0 Å². The number of nitrogens with one attached hydrogen (secondary N) is 2. The summed E-state index contributed by atoms with van der Waals surface area (Å²) in [4.78, 5) is 15.2. The van der Waals surface area contributed by atoms with E-state index < -0.39 is 0 Å². The standard InChI is InChI=1S/C16H23N3O2S/c1-3-5-10-18-11-17-16(22)19(12-18)14-8-6-13(7-9-14)15(20)21-4-2/h6-9H,3-5,10-12H2,1-2H3,(H,17,22)/p+1. The summed E-state index contributed by atoms with van der Waals surface area (Å²) in [6, 6.07) is 7.42. The van der Waals surface area contributed by atoms with Crippen LogP contribution in [-0.4, -0.2) is 37.6 Å². The van der Waals surface area contributed by atoms with Gasteiger partial charge in [0.15, 0.2) is 18.4 Å². The predicted octanol–water partition coefficient (Wildman–Crippen LogP) is 1.16. The van der Waals surface area contributed by atoms with Crippen LogP contribution in [0.25, 0.3) is 0 Å². The first-order valence-corrected chi connectivity index (χ1v) is 8.22. The minimum Gasteiger partial charge on any atom is -0.462 e. The molecule has 2 rings (SSSR count). The van der Waals surface area contributed by atoms with Crippen LogP contribution in [0.4, 0.5) is 5.69 Å². The highest BCUT2D eigenvalue weighted by Gasteiger charge is 2.24. The molecule has 2 N–H and O–H groups in total. The highest BCUT2D eigenvalue weighted by Crippen LogP contribution is 2.16. The molecule has 0 saturated carbocycles. The van der Waals surface area contributed by atoms with Crippen molar-refractivity contribution in [3.05, 3.63) is 29.8 Å². The Labute approximate surface area is 137 Å². The van der Waals surface area contributed by atoms with E-state index in [4.69, 9.17) is 17.0 Å². The summed E-state index contributed by atoms with van der Waals surface area (Å²) in [5, 5.41) is 4.02. The van der Waals surface area contributed by atoms with Gasteiger partial charge in [-0.25, -0.2) is 4.79 Å². The lowest BCUT2D eigenvalue weighted by molar-refractivity contribution is -0.903. The number of unbranched alkanes of at least 4 members (excludes halogenated alkanes) is 1. The normalized spacial score (nSPS) is 18.0. The van der Waals surface area contributed by atoms with Gasteiger partial charge in [0.05, 0.1) is 18.7 Å². The first kappa shape index (κ1) is 16.7. The summed E-state index contributed by atoms with van der Waals surface area (Å²) < 4.78 is 5.00. The van der Waals surface area contributed by atoms with E-state index in [-0.39, 0.29) is 5.97 Å². The van der Waals surface area contributed by atoms with Gasteiger partial charge in [-0.05, 0) is 49.8 Å². The zero-order valence-corrected chi connectivity index (χ0v) is 14.0. The zero-order valence-electron chi connectivity index (χ0n) is 13.2. The molecular formula is C16H24N3O2S+. The van der Waals surface area contributed by atoms with Gasteiger partial charge in [0.1, 0.15) is 0 Å². The van der Waals surface area contributed by atoms with E-state index >= 15 is 0 Å². The molecule has 0 aromatic heterocycles. The molecule has 0 amide bonds. The summed E-state index contributed by atoms with van der Waals surface area (Å²) >= 11 is 5.41. The molecule has 1 aliphatic heterocycles. The third-order valence-corrected chi connectivity index (χ3v) is 4.06. The van der Waals surface area contributed by atoms with Gasteiger partial charge < -0.3 is 15.0 Å². The van der Waals surface area contributed by atoms with E-state index in [0.717, 1.165) is 30.7 Å². The molecule has 1 fully saturated rings. The van der Waals surface area contributed by atoms with Crippen molar-refractivity contribution >= 4 is 29.0 Å². The number of thiocarbonyl (C=S) groups is 1. The molecule has 1 atom stereocenters. The molecule has 0 radical (unpaired) electrons. The van der Waals surface area contributed by atoms with Crippen molar-refractivity contribution in [1.82, 2.24) is 5.32 Å². The number of hydrogen-bond acceptors (Lipinski definition) is 3. The van der Waals surface area contributed by atoms with E-state index in [9.17, 15) is 4.79 Å². The number of benzene rings is 1. The summed E-state index contributed by atoms with van der Waals surface area (Å²) in [6.07, 6.45) is 2.40. The monoisotopic (exact) mass is 322 g/mol. The Morgan fingerprint density at radius 3 is 2.73 bits per heavy atom. The zero-order chi connectivity index (χ0) is 15.9. The number of carbonyl (C=O) groups excluding carboxylic acids is 1. The van der Waals surface area contributed by atoms with E-state index in [1.54, 1.807) is 19.1 Å². The highest BCUT2D eigenvalue weighted by atomic mass is 32.1. The maximum Gasteiger partial charge on any atom is 0.338 e. The second-order valence-electron chi connectivity index (χ2n) is 5.37. The Kier molecular flexibility index (Phi) is 6.15. The molecule has 6 heteroatoms. The number of anilines is 1. The number of carbonyl (C=O) groups is 1. The van der Waals surface area contributed by atoms with Gasteiger partial charge in [-0.15, -0.1) is 0 Å². The minimum atomic E-state index is -0.288. The largest absolute Gasteiger partial charge is 0.462 e. The van der Waals surface area contributed by atoms with Crippen molar-refractivity contribution < 1.29 is 14.4 Å². The van der Waals surface area contributed by atoms with E-state index in [1.807, 2.05) is 12.1 Å². The molecule has 5 nitrogen and oxygen atoms in total. The second-order valence-corrected chi connectivity index (χ2v) is 5.75. The van der Waals surface area contributed by atoms with Crippen LogP contribution < -0.4 is 15.1 Å². The van der Waals surface area contributed by atoms with Crippen LogP contribution in [0.1, 0.15) is 37.0 Å². The fraction of sp³-hybridized carbons (Fsp3) is 0.500. The van der Waals surface area contributed by atoms with Gasteiger partial charge in [0.25, 0.3) is 0 Å². The Morgan fingerprint density at radius 2 is 2.09 bits per heavy atom. The maximum atomic E-state index is 11.7. The minimum absolute atomic E-state index is 0.288. The van der Waals surface area contributed by atoms with Gasteiger partial charge >= 0.3 is 5.97 Å². The van der Waals surface area contributed by atoms with Crippen molar-refractivity contribution in [2.24, 2.45) is 0 Å². The third kappa shape index (κ3) is 4.18. The van der Waals surface area contributed by atoms with E-state index in [0.29, 0.717) is 12.2 Å². The molecule has 1 aromatic rings. The molecule has 0 spiro atoms. The Balaban J connectivity index is 2.05. The lowest BCUT2D eigenvalue weighted by Crippen LogP contribution is -3.17. The average Bonchev–Trinajstić information content (AvgIpc) is 2.54. The molecule has 1 aromatic carbocycles. The molecule has 0 bridgehead atoms. The molecule has 1 unspecified atom stereocenters. The number of hydrogen-bond donors (Lipinski definition) is 2. The van der Waals surface area contributed by atoms with Gasteiger partial charge in [0, 0.05) is 5.69 Å². The van der Waals surface area contributed by atoms with Crippen LogP contribution in [0.15, 0.2) is 24.3 Å². The van der Waals surface area contributed by atoms with Gasteiger partial charge in [0.2, 0.25) is 0 Å². The molecular weight excluding hydrogens is 298 g/mol. The molecule has 1 saturated heterocycles. The smallest absolute Gasteiger partial charge is 0.338 e. The number of esters is 1. The quantitative estimate of drug-likeness (QED) is 0.608. The Morgan fingerprint density at radius 1 is 1.36 bits per heavy atom. The van der Waals surface area contributed by atoms with Crippen molar-refractivity contribution in [2.75, 3.05) is 31.4 Å². The van der Waals surface area contributed by atoms with Crippen LogP contribution in [0.5, 0.6) is 0 Å². The fourth-order valence-corrected chi connectivity index (χ4v) is 2.68. The van der Waals surface area contributed by atoms with Crippen molar-refractivity contribution in [3.8, 4) is 0 Å². The molecule has 120 valence electrons. The van der Waals surface area contributed by atoms with Crippen molar-refractivity contribution in [2.45, 2.75) is 26.7 Å². The Hall–Kier alpha value is -1.66. The van der Waals surface area contributed by atoms with Gasteiger partial charge in [-0.3, -0.25) is 4.90 Å².